The van der Waals surface area contributed by atoms with Crippen molar-refractivity contribution in [1.82, 2.24) is 0 Å². The summed E-state index contributed by atoms with van der Waals surface area (Å²) in [5.41, 5.74) is 4.87. The molecule has 0 saturated carbocycles. The molecule has 0 rings (SSSR count). The van der Waals surface area contributed by atoms with Crippen LogP contribution in [0.1, 0.15) is 6.42 Å². The highest BCUT2D eigenvalue weighted by molar-refractivity contribution is 5.69. The number of hydrogen-bond acceptors (Lipinski definition) is 3. The summed E-state index contributed by atoms with van der Waals surface area (Å²) in [4.78, 5) is 10.3. The fourth-order valence-corrected chi connectivity index (χ4v) is 0.354. The van der Waals surface area contributed by atoms with Gasteiger partial charge >= 0.3 is 18.8 Å². The zero-order valence-corrected chi connectivity index (χ0v) is 5.60. The minimum Gasteiger partial charge on any atom is -0.425 e. The average molecular weight is 171 g/mol. The van der Waals surface area contributed by atoms with Crippen LogP contribution in [0.5, 0.6) is 0 Å². The third-order valence-corrected chi connectivity index (χ3v) is 0.791. The van der Waals surface area contributed by atoms with E-state index in [1.165, 1.54) is 0 Å². The number of nitrogens with two attached hydrogens (primary N) is 1. The molecule has 11 heavy (non-hydrogen) atoms. The van der Waals surface area contributed by atoms with Gasteiger partial charge in [-0.25, -0.2) is 8.78 Å². The Bertz CT molecular complexity index is 131. The van der Waals surface area contributed by atoms with Crippen molar-refractivity contribution in [3.8, 4) is 0 Å². The number of carbonyl (C=O) groups excluding carboxylic acids is 1. The van der Waals surface area contributed by atoms with E-state index in [4.69, 9.17) is 5.73 Å². The van der Waals surface area contributed by atoms with Crippen LogP contribution in [0, 0.1) is 0 Å². The van der Waals surface area contributed by atoms with Gasteiger partial charge in [-0.1, -0.05) is 0 Å². The molecule has 1 atom stereocenters. The summed E-state index contributed by atoms with van der Waals surface area (Å²) >= 11 is 0. The molecule has 0 amide bonds. The Hall–Kier alpha value is -0.780. The van der Waals surface area contributed by atoms with Crippen LogP contribution in [0.15, 0.2) is 0 Å². The normalized spacial score (nSPS) is 13.2. The zero-order valence-electron chi connectivity index (χ0n) is 5.60. The Morgan fingerprint density at radius 3 is 2.36 bits per heavy atom. The molecule has 0 aliphatic rings. The van der Waals surface area contributed by atoms with Crippen molar-refractivity contribution in [3.05, 3.63) is 0 Å². The molecule has 0 fully saturated rings. The monoisotopic (exact) mass is 171 g/mol. The quantitative estimate of drug-likeness (QED) is 0.624. The van der Waals surface area contributed by atoms with E-state index in [0.29, 0.717) is 0 Å². The third-order valence-electron chi connectivity index (χ3n) is 0.791. The van der Waals surface area contributed by atoms with Crippen molar-refractivity contribution in [1.29, 1.82) is 0 Å². The Morgan fingerprint density at radius 2 is 2.00 bits per heavy atom. The van der Waals surface area contributed by atoms with Gasteiger partial charge in [-0.15, -0.1) is 0 Å². The minimum atomic E-state index is -3.29. The van der Waals surface area contributed by atoms with Crippen LogP contribution in [0.4, 0.5) is 13.2 Å². The number of halogens is 3. The van der Waals surface area contributed by atoms with E-state index >= 15 is 0 Å². The predicted molar refractivity (Wildman–Crippen MR) is 30.7 cm³/mol. The molecule has 0 saturated heterocycles. The van der Waals surface area contributed by atoms with Gasteiger partial charge in [-0.2, -0.15) is 4.39 Å². The smallest absolute Gasteiger partial charge is 0.309 e. The molecule has 2 N–H and O–H groups in total. The van der Waals surface area contributed by atoms with Crippen LogP contribution in [-0.2, 0) is 9.53 Å². The highest BCUT2D eigenvalue weighted by atomic mass is 19.3. The first kappa shape index (κ1) is 10.2. The van der Waals surface area contributed by atoms with Crippen LogP contribution in [0.3, 0.4) is 0 Å². The standard InChI is InChI=1S/C5H8F3NO2/c6-4(7)5(8)11-3(10)1-2-9/h4-5H,1-2,9H2. The molecule has 0 heterocycles. The molecule has 0 spiro atoms. The van der Waals surface area contributed by atoms with E-state index in [9.17, 15) is 18.0 Å². The van der Waals surface area contributed by atoms with Crippen LogP contribution < -0.4 is 5.73 Å². The molecule has 66 valence electrons. The molecule has 0 aromatic rings. The van der Waals surface area contributed by atoms with Crippen LogP contribution >= 0.6 is 0 Å². The van der Waals surface area contributed by atoms with Gasteiger partial charge in [0.05, 0.1) is 6.42 Å². The zero-order chi connectivity index (χ0) is 8.85. The largest absolute Gasteiger partial charge is 0.425 e. The fraction of sp³-hybridized carbons (Fsp3) is 0.800. The third kappa shape index (κ3) is 4.60. The second-order valence-electron chi connectivity index (χ2n) is 1.71. The van der Waals surface area contributed by atoms with Gasteiger partial charge in [0, 0.05) is 6.54 Å². The summed E-state index contributed by atoms with van der Waals surface area (Å²) in [7, 11) is 0. The maximum atomic E-state index is 11.9. The van der Waals surface area contributed by atoms with Crippen molar-refractivity contribution in [3.63, 3.8) is 0 Å². The number of ether oxygens (including phenoxy) is 1. The number of carbonyl (C=O) groups is 1. The first-order valence-corrected chi connectivity index (χ1v) is 2.89. The molecule has 1 unspecified atom stereocenters. The average Bonchev–Trinajstić information content (AvgIpc) is 1.87. The lowest BCUT2D eigenvalue weighted by Gasteiger charge is -2.07. The molecule has 0 aromatic carbocycles. The minimum absolute atomic E-state index is 0.0468. The summed E-state index contributed by atoms with van der Waals surface area (Å²) in [6.07, 6.45) is -6.39. The van der Waals surface area contributed by atoms with Crippen molar-refractivity contribution < 1.29 is 22.7 Å². The van der Waals surface area contributed by atoms with Crippen molar-refractivity contribution in [2.45, 2.75) is 19.2 Å². The molecule has 0 bridgehead atoms. The summed E-state index contributed by atoms with van der Waals surface area (Å²) < 4.78 is 38.2. The number of rotatable bonds is 4. The molecule has 6 heteroatoms. The summed E-state index contributed by atoms with van der Waals surface area (Å²) in [5, 5.41) is 0. The van der Waals surface area contributed by atoms with Gasteiger partial charge in [0.25, 0.3) is 0 Å². The first-order chi connectivity index (χ1) is 5.07. The predicted octanol–water partition coefficient (Wildman–Crippen LogP) is 0.439. The van der Waals surface area contributed by atoms with Crippen LogP contribution in [0.25, 0.3) is 0 Å². The Kier molecular flexibility index (Phi) is 4.60. The van der Waals surface area contributed by atoms with E-state index in [-0.39, 0.29) is 13.0 Å². The molecule has 0 radical (unpaired) electrons. The highest BCUT2D eigenvalue weighted by Crippen LogP contribution is 2.07. The summed E-state index contributed by atoms with van der Waals surface area (Å²) in [5.74, 6) is -1.06. The van der Waals surface area contributed by atoms with Gasteiger partial charge in [-0.3, -0.25) is 4.79 Å². The number of esters is 1. The molecule has 0 aliphatic carbocycles. The van der Waals surface area contributed by atoms with E-state index in [1.54, 1.807) is 0 Å². The molecular formula is C5H8F3NO2. The SMILES string of the molecule is NCCC(=O)OC(F)C(F)F. The van der Waals surface area contributed by atoms with Crippen LogP contribution in [0.2, 0.25) is 0 Å². The second kappa shape index (κ2) is 4.95. The number of alkyl halides is 3. The fourth-order valence-electron chi connectivity index (χ4n) is 0.354. The van der Waals surface area contributed by atoms with Crippen LogP contribution in [-0.4, -0.2) is 25.3 Å². The van der Waals surface area contributed by atoms with Crippen molar-refractivity contribution >= 4 is 5.97 Å². The first-order valence-electron chi connectivity index (χ1n) is 2.89. The topological polar surface area (TPSA) is 52.3 Å². The van der Waals surface area contributed by atoms with Gasteiger partial charge < -0.3 is 10.5 Å². The van der Waals surface area contributed by atoms with Gasteiger partial charge in [-0.05, 0) is 0 Å². The maximum absolute atomic E-state index is 11.9. The maximum Gasteiger partial charge on any atom is 0.309 e. The van der Waals surface area contributed by atoms with Gasteiger partial charge in [0.15, 0.2) is 0 Å². The van der Waals surface area contributed by atoms with E-state index in [0.717, 1.165) is 0 Å². The highest BCUT2D eigenvalue weighted by Gasteiger charge is 2.22. The van der Waals surface area contributed by atoms with E-state index in [1.807, 2.05) is 0 Å². The Labute approximate surface area is 61.3 Å². The lowest BCUT2D eigenvalue weighted by Crippen LogP contribution is -2.22. The lowest BCUT2D eigenvalue weighted by atomic mass is 10.4. The van der Waals surface area contributed by atoms with Gasteiger partial charge in [0.1, 0.15) is 0 Å². The molecular weight excluding hydrogens is 163 g/mol. The molecule has 3 nitrogen and oxygen atoms in total. The molecule has 0 aliphatic heterocycles. The second-order valence-corrected chi connectivity index (χ2v) is 1.71. The Balaban J connectivity index is 3.57. The van der Waals surface area contributed by atoms with Crippen molar-refractivity contribution in [2.24, 2.45) is 5.73 Å². The Morgan fingerprint density at radius 1 is 1.45 bits per heavy atom. The van der Waals surface area contributed by atoms with Gasteiger partial charge in [0.2, 0.25) is 0 Å². The number of hydrogen-bond donors (Lipinski definition) is 1. The van der Waals surface area contributed by atoms with E-state index in [2.05, 4.69) is 4.74 Å². The van der Waals surface area contributed by atoms with Crippen molar-refractivity contribution in [2.75, 3.05) is 6.54 Å². The summed E-state index contributed by atoms with van der Waals surface area (Å²) in [6, 6.07) is 0. The molecule has 0 aromatic heterocycles. The lowest BCUT2D eigenvalue weighted by molar-refractivity contribution is -0.173. The summed E-state index contributed by atoms with van der Waals surface area (Å²) in [6.45, 7) is -0.0468. The van der Waals surface area contributed by atoms with E-state index < -0.39 is 18.8 Å².